The van der Waals surface area contributed by atoms with Crippen molar-refractivity contribution < 1.29 is 8.42 Å². The highest BCUT2D eigenvalue weighted by Crippen LogP contribution is 2.16. The van der Waals surface area contributed by atoms with Gasteiger partial charge >= 0.3 is 0 Å². The van der Waals surface area contributed by atoms with E-state index in [9.17, 15) is 8.42 Å². The van der Waals surface area contributed by atoms with Crippen molar-refractivity contribution in [3.8, 4) is 0 Å². The van der Waals surface area contributed by atoms with Gasteiger partial charge in [0, 0.05) is 6.04 Å². The average Bonchev–Trinajstić information content (AvgIpc) is 2.53. The fourth-order valence-corrected chi connectivity index (χ4v) is 3.92. The Morgan fingerprint density at radius 3 is 2.69 bits per heavy atom. The number of hydrogen-bond donors (Lipinski definition) is 1. The van der Waals surface area contributed by atoms with Gasteiger partial charge in [-0.05, 0) is 39.3 Å². The molecule has 0 saturated carbocycles. The molecule has 1 atom stereocenters. The summed E-state index contributed by atoms with van der Waals surface area (Å²) in [6.07, 6.45) is 3.56. The Labute approximate surface area is 103 Å². The fourth-order valence-electron chi connectivity index (χ4n) is 1.97. The van der Waals surface area contributed by atoms with E-state index in [4.69, 9.17) is 18.0 Å². The van der Waals surface area contributed by atoms with Crippen LogP contribution < -0.4 is 5.73 Å². The van der Waals surface area contributed by atoms with Crippen molar-refractivity contribution in [2.45, 2.75) is 31.7 Å². The first-order chi connectivity index (χ1) is 7.41. The Balaban J connectivity index is 2.21. The smallest absolute Gasteiger partial charge is 0.151 e. The molecular weight excluding hydrogens is 244 g/mol. The third-order valence-electron chi connectivity index (χ3n) is 3.02. The summed E-state index contributed by atoms with van der Waals surface area (Å²) >= 11 is 4.80. The van der Waals surface area contributed by atoms with Crippen molar-refractivity contribution in [3.63, 3.8) is 0 Å². The van der Waals surface area contributed by atoms with Crippen molar-refractivity contribution in [3.05, 3.63) is 0 Å². The zero-order valence-electron chi connectivity index (χ0n) is 9.68. The highest BCUT2D eigenvalue weighted by atomic mass is 32.2. The molecule has 1 aliphatic rings. The second-order valence-corrected chi connectivity index (χ2v) is 7.21. The zero-order valence-corrected chi connectivity index (χ0v) is 11.3. The summed E-state index contributed by atoms with van der Waals surface area (Å²) in [7, 11) is -0.775. The summed E-state index contributed by atoms with van der Waals surface area (Å²) in [6.45, 7) is 0.919. The lowest BCUT2D eigenvalue weighted by molar-refractivity contribution is 0.257. The molecule has 1 aliphatic heterocycles. The van der Waals surface area contributed by atoms with Crippen LogP contribution in [0.2, 0.25) is 0 Å². The van der Waals surface area contributed by atoms with Gasteiger partial charge in [-0.2, -0.15) is 0 Å². The van der Waals surface area contributed by atoms with E-state index in [2.05, 4.69) is 4.90 Å². The van der Waals surface area contributed by atoms with E-state index in [0.717, 1.165) is 32.2 Å². The Morgan fingerprint density at radius 1 is 1.50 bits per heavy atom. The van der Waals surface area contributed by atoms with Gasteiger partial charge in [0.15, 0.2) is 9.84 Å². The third kappa shape index (κ3) is 4.76. The van der Waals surface area contributed by atoms with Crippen molar-refractivity contribution in [2.24, 2.45) is 5.73 Å². The van der Waals surface area contributed by atoms with Crippen LogP contribution in [0.25, 0.3) is 0 Å². The molecule has 0 radical (unpaired) electrons. The van der Waals surface area contributed by atoms with E-state index < -0.39 is 9.84 Å². The van der Waals surface area contributed by atoms with Gasteiger partial charge in [0.25, 0.3) is 0 Å². The number of hydrogen-bond acceptors (Lipinski definition) is 4. The van der Waals surface area contributed by atoms with Crippen LogP contribution in [0.3, 0.4) is 0 Å². The van der Waals surface area contributed by atoms with E-state index in [1.807, 2.05) is 7.05 Å². The highest BCUT2D eigenvalue weighted by molar-refractivity contribution is 7.91. The van der Waals surface area contributed by atoms with Crippen LogP contribution in [0.1, 0.15) is 25.7 Å². The molecule has 0 aromatic heterocycles. The molecular formula is C10H20N2O2S2. The van der Waals surface area contributed by atoms with E-state index in [-0.39, 0.29) is 6.04 Å². The minimum atomic E-state index is -2.77. The van der Waals surface area contributed by atoms with Crippen molar-refractivity contribution in [2.75, 3.05) is 25.1 Å². The van der Waals surface area contributed by atoms with Gasteiger partial charge in [0.05, 0.1) is 16.5 Å². The minimum absolute atomic E-state index is 0.204. The second-order valence-electron chi connectivity index (χ2n) is 4.46. The molecule has 0 aliphatic carbocycles. The molecule has 1 unspecified atom stereocenters. The predicted molar refractivity (Wildman–Crippen MR) is 70.3 cm³/mol. The third-order valence-corrected chi connectivity index (χ3v) is 4.97. The quantitative estimate of drug-likeness (QED) is 0.561. The van der Waals surface area contributed by atoms with Crippen molar-refractivity contribution in [1.29, 1.82) is 0 Å². The Kier molecular flexibility index (Phi) is 5.14. The maximum atomic E-state index is 11.3. The van der Waals surface area contributed by atoms with Crippen molar-refractivity contribution in [1.82, 2.24) is 4.90 Å². The molecule has 0 amide bonds. The summed E-state index contributed by atoms with van der Waals surface area (Å²) in [5, 5.41) is 0. The zero-order chi connectivity index (χ0) is 12.2. The lowest BCUT2D eigenvalue weighted by atomic mass is 10.2. The van der Waals surface area contributed by atoms with E-state index in [0.29, 0.717) is 16.5 Å². The first kappa shape index (κ1) is 13.9. The van der Waals surface area contributed by atoms with Gasteiger partial charge in [-0.15, -0.1) is 0 Å². The summed E-state index contributed by atoms with van der Waals surface area (Å²) in [4.78, 5) is 2.70. The van der Waals surface area contributed by atoms with E-state index >= 15 is 0 Å². The summed E-state index contributed by atoms with van der Waals surface area (Å²) < 4.78 is 22.6. The molecule has 4 nitrogen and oxygen atoms in total. The van der Waals surface area contributed by atoms with Gasteiger partial charge < -0.3 is 10.6 Å². The second kappa shape index (κ2) is 5.93. The summed E-state index contributed by atoms with van der Waals surface area (Å²) in [5.74, 6) is 0.660. The molecule has 2 N–H and O–H groups in total. The van der Waals surface area contributed by atoms with Crippen LogP contribution >= 0.6 is 12.2 Å². The molecule has 1 saturated heterocycles. The van der Waals surface area contributed by atoms with E-state index in [1.54, 1.807) is 0 Å². The van der Waals surface area contributed by atoms with Gasteiger partial charge in [-0.25, -0.2) is 8.42 Å². The van der Waals surface area contributed by atoms with E-state index in [1.165, 1.54) is 0 Å². The van der Waals surface area contributed by atoms with Gasteiger partial charge in [-0.1, -0.05) is 12.2 Å². The Morgan fingerprint density at radius 2 is 2.19 bits per heavy atom. The monoisotopic (exact) mass is 264 g/mol. The van der Waals surface area contributed by atoms with Gasteiger partial charge in [-0.3, -0.25) is 0 Å². The topological polar surface area (TPSA) is 63.4 Å². The fraction of sp³-hybridized carbons (Fsp3) is 0.900. The van der Waals surface area contributed by atoms with Gasteiger partial charge in [0.1, 0.15) is 0 Å². The van der Waals surface area contributed by atoms with Crippen molar-refractivity contribution >= 4 is 27.0 Å². The number of nitrogens with two attached hydrogens (primary N) is 1. The number of thiocarbonyl (C=S) groups is 1. The molecule has 0 aromatic rings. The largest absolute Gasteiger partial charge is 0.393 e. The average molecular weight is 264 g/mol. The minimum Gasteiger partial charge on any atom is -0.393 e. The molecule has 0 bridgehead atoms. The number of nitrogens with zero attached hydrogens (tertiary/aromatic N) is 1. The SMILES string of the molecule is CN(CCCCC(N)=S)C1CCS(=O)(=O)C1. The molecule has 94 valence electrons. The lowest BCUT2D eigenvalue weighted by Gasteiger charge is -2.22. The molecule has 1 rings (SSSR count). The van der Waals surface area contributed by atoms with Gasteiger partial charge in [0.2, 0.25) is 0 Å². The van der Waals surface area contributed by atoms with Crippen LogP contribution in [0, 0.1) is 0 Å². The standard InChI is InChI=1S/C10H20N2O2S2/c1-12(6-3-2-4-10(11)15)9-5-7-16(13,14)8-9/h9H,2-8H2,1H3,(H2,11,15). The van der Waals surface area contributed by atoms with Crippen LogP contribution in [0.5, 0.6) is 0 Å². The maximum Gasteiger partial charge on any atom is 0.151 e. The molecule has 1 heterocycles. The molecule has 0 spiro atoms. The Hall–Kier alpha value is -0.200. The molecule has 16 heavy (non-hydrogen) atoms. The molecule has 6 heteroatoms. The first-order valence-corrected chi connectivity index (χ1v) is 7.82. The van der Waals surface area contributed by atoms with Crippen LogP contribution in [0.15, 0.2) is 0 Å². The normalized spacial score (nSPS) is 23.8. The highest BCUT2D eigenvalue weighted by Gasteiger charge is 2.30. The first-order valence-electron chi connectivity index (χ1n) is 5.60. The lowest BCUT2D eigenvalue weighted by Crippen LogP contribution is -2.33. The Bertz CT molecular complexity index is 341. The maximum absolute atomic E-state index is 11.3. The summed E-state index contributed by atoms with van der Waals surface area (Å²) in [6, 6.07) is 0.204. The number of unbranched alkanes of at least 4 members (excludes halogenated alkanes) is 1. The summed E-state index contributed by atoms with van der Waals surface area (Å²) in [5.41, 5.74) is 5.41. The number of sulfone groups is 1. The molecule has 1 fully saturated rings. The number of rotatable bonds is 6. The molecule has 0 aromatic carbocycles. The predicted octanol–water partition coefficient (Wildman–Crippen LogP) is 0.562. The van der Waals surface area contributed by atoms with Crippen LogP contribution in [0.4, 0.5) is 0 Å². The van der Waals surface area contributed by atoms with Crippen LogP contribution in [-0.2, 0) is 9.84 Å². The van der Waals surface area contributed by atoms with Crippen LogP contribution in [-0.4, -0.2) is 49.4 Å².